The van der Waals surface area contributed by atoms with Gasteiger partial charge in [-0.1, -0.05) is 42.8 Å². The number of piperidine rings is 1. The first-order valence-corrected chi connectivity index (χ1v) is 12.0. The van der Waals surface area contributed by atoms with Crippen LogP contribution in [0.1, 0.15) is 48.9 Å². The molecular weight excluding hydrogens is 441 g/mol. The van der Waals surface area contributed by atoms with E-state index in [9.17, 15) is 26.4 Å². The van der Waals surface area contributed by atoms with E-state index in [0.29, 0.717) is 18.9 Å². The third kappa shape index (κ3) is 5.50. The van der Waals surface area contributed by atoms with E-state index in [1.165, 1.54) is 0 Å². The zero-order valence-electron chi connectivity index (χ0n) is 18.0. The fraction of sp³-hybridized carbons (Fsp3) is 0.435. The van der Waals surface area contributed by atoms with Crippen molar-refractivity contribution in [2.45, 2.75) is 50.2 Å². The summed E-state index contributed by atoms with van der Waals surface area (Å²) in [6.07, 6.45) is -3.27. The van der Waals surface area contributed by atoms with Gasteiger partial charge < -0.3 is 5.32 Å². The highest BCUT2D eigenvalue weighted by Gasteiger charge is 2.35. The molecular formula is C23H27F3N2O3S. The molecule has 0 radical (unpaired) electrons. The predicted octanol–water partition coefficient (Wildman–Crippen LogP) is 4.68. The zero-order chi connectivity index (χ0) is 23.5. The van der Waals surface area contributed by atoms with Crippen LogP contribution in [-0.2, 0) is 21.0 Å². The minimum absolute atomic E-state index is 0.0813. The molecule has 0 aliphatic carbocycles. The van der Waals surface area contributed by atoms with Gasteiger partial charge in [0.25, 0.3) is 0 Å². The molecule has 0 saturated carbocycles. The van der Waals surface area contributed by atoms with Crippen molar-refractivity contribution in [3.8, 4) is 0 Å². The quantitative estimate of drug-likeness (QED) is 0.669. The third-order valence-electron chi connectivity index (χ3n) is 5.83. The van der Waals surface area contributed by atoms with Gasteiger partial charge in [-0.05, 0) is 49.9 Å². The number of carbonyl (C=O) groups excluding carboxylic acids is 1. The molecule has 32 heavy (non-hydrogen) atoms. The second-order valence-electron chi connectivity index (χ2n) is 8.08. The van der Waals surface area contributed by atoms with Crippen LogP contribution < -0.4 is 5.32 Å². The maximum absolute atomic E-state index is 13.0. The Morgan fingerprint density at radius 2 is 1.75 bits per heavy atom. The normalized spacial score (nSPS) is 17.2. The molecule has 2 aromatic rings. The van der Waals surface area contributed by atoms with Crippen molar-refractivity contribution in [2.75, 3.05) is 13.1 Å². The van der Waals surface area contributed by atoms with Gasteiger partial charge in [-0.3, -0.25) is 4.79 Å². The number of hydrogen-bond acceptors (Lipinski definition) is 3. The smallest absolute Gasteiger partial charge is 0.349 e. The van der Waals surface area contributed by atoms with Gasteiger partial charge in [-0.15, -0.1) is 0 Å². The SMILES string of the molecule is CCC(NC(=O)C1CCN(S(=O)(=O)c2cccc(C(F)(F)F)c2)CC1)c1ccc(C)cc1. The molecule has 1 unspecified atom stereocenters. The van der Waals surface area contributed by atoms with Crippen LogP contribution in [0, 0.1) is 12.8 Å². The Hall–Kier alpha value is -2.39. The predicted molar refractivity (Wildman–Crippen MR) is 115 cm³/mol. The zero-order valence-corrected chi connectivity index (χ0v) is 18.8. The van der Waals surface area contributed by atoms with Crippen LogP contribution in [0.2, 0.25) is 0 Å². The molecule has 0 bridgehead atoms. The van der Waals surface area contributed by atoms with Crippen LogP contribution >= 0.6 is 0 Å². The topological polar surface area (TPSA) is 66.5 Å². The third-order valence-corrected chi connectivity index (χ3v) is 7.72. The van der Waals surface area contributed by atoms with Gasteiger partial charge in [-0.2, -0.15) is 17.5 Å². The molecule has 1 atom stereocenters. The van der Waals surface area contributed by atoms with Crippen LogP contribution in [0.5, 0.6) is 0 Å². The van der Waals surface area contributed by atoms with Crippen LogP contribution in [-0.4, -0.2) is 31.7 Å². The lowest BCUT2D eigenvalue weighted by molar-refractivity contribution is -0.137. The lowest BCUT2D eigenvalue weighted by atomic mass is 9.95. The standard InChI is InChI=1S/C23H27F3N2O3S/c1-3-21(17-9-7-16(2)8-10-17)27-22(29)18-11-13-28(14-12-18)32(30,31)20-6-4-5-19(15-20)23(24,25)26/h4-10,15,18,21H,3,11-14H2,1-2H3,(H,27,29). The number of alkyl halides is 3. The molecule has 5 nitrogen and oxygen atoms in total. The van der Waals surface area contributed by atoms with Crippen molar-refractivity contribution in [1.29, 1.82) is 0 Å². The lowest BCUT2D eigenvalue weighted by Gasteiger charge is -2.31. The van der Waals surface area contributed by atoms with E-state index in [4.69, 9.17) is 0 Å². The minimum Gasteiger partial charge on any atom is -0.349 e. The summed E-state index contributed by atoms with van der Waals surface area (Å²) in [6.45, 7) is 4.13. The van der Waals surface area contributed by atoms with Gasteiger partial charge in [-0.25, -0.2) is 8.42 Å². The molecule has 1 heterocycles. The molecule has 1 aliphatic heterocycles. The number of amides is 1. The van der Waals surface area contributed by atoms with Gasteiger partial charge in [0.2, 0.25) is 15.9 Å². The van der Waals surface area contributed by atoms with Crippen LogP contribution in [0.4, 0.5) is 13.2 Å². The number of benzene rings is 2. The van der Waals surface area contributed by atoms with Crippen molar-refractivity contribution in [3.05, 3.63) is 65.2 Å². The van der Waals surface area contributed by atoms with Crippen molar-refractivity contribution < 1.29 is 26.4 Å². The van der Waals surface area contributed by atoms with E-state index >= 15 is 0 Å². The van der Waals surface area contributed by atoms with Crippen molar-refractivity contribution in [2.24, 2.45) is 5.92 Å². The number of nitrogens with one attached hydrogen (secondary N) is 1. The summed E-state index contributed by atoms with van der Waals surface area (Å²) in [7, 11) is -4.07. The lowest BCUT2D eigenvalue weighted by Crippen LogP contribution is -2.43. The molecule has 0 aromatic heterocycles. The molecule has 1 saturated heterocycles. The van der Waals surface area contributed by atoms with E-state index < -0.39 is 21.8 Å². The number of aryl methyl sites for hydroxylation is 1. The summed E-state index contributed by atoms with van der Waals surface area (Å²) in [6, 6.07) is 11.6. The largest absolute Gasteiger partial charge is 0.416 e. The molecule has 2 aromatic carbocycles. The van der Waals surface area contributed by atoms with E-state index in [0.717, 1.165) is 40.1 Å². The highest BCUT2D eigenvalue weighted by Crippen LogP contribution is 2.32. The Kier molecular flexibility index (Phi) is 7.29. The second kappa shape index (κ2) is 9.62. The van der Waals surface area contributed by atoms with Gasteiger partial charge in [0.1, 0.15) is 0 Å². The number of nitrogens with zero attached hydrogens (tertiary/aromatic N) is 1. The fourth-order valence-corrected chi connectivity index (χ4v) is 5.37. The second-order valence-corrected chi connectivity index (χ2v) is 10.0. The molecule has 0 spiro atoms. The van der Waals surface area contributed by atoms with E-state index in [1.807, 2.05) is 38.1 Å². The van der Waals surface area contributed by atoms with E-state index in [1.54, 1.807) is 0 Å². The van der Waals surface area contributed by atoms with Crippen LogP contribution in [0.3, 0.4) is 0 Å². The Labute approximate surface area is 186 Å². The first kappa shape index (κ1) is 24.3. The number of sulfonamides is 1. The molecule has 1 aliphatic rings. The molecule has 1 fully saturated rings. The van der Waals surface area contributed by atoms with Crippen molar-refractivity contribution in [1.82, 2.24) is 9.62 Å². The average Bonchev–Trinajstić information content (AvgIpc) is 2.77. The van der Waals surface area contributed by atoms with Crippen LogP contribution in [0.15, 0.2) is 53.4 Å². The summed E-state index contributed by atoms with van der Waals surface area (Å²) in [5.41, 5.74) is 1.13. The summed E-state index contributed by atoms with van der Waals surface area (Å²) in [5, 5.41) is 3.05. The van der Waals surface area contributed by atoms with Crippen molar-refractivity contribution >= 4 is 15.9 Å². The molecule has 1 amide bonds. The van der Waals surface area contributed by atoms with E-state index in [2.05, 4.69) is 5.32 Å². The van der Waals surface area contributed by atoms with E-state index in [-0.39, 0.29) is 35.9 Å². The monoisotopic (exact) mass is 468 g/mol. The highest BCUT2D eigenvalue weighted by atomic mass is 32.2. The number of rotatable bonds is 6. The summed E-state index contributed by atoms with van der Waals surface area (Å²) in [5.74, 6) is -0.476. The summed E-state index contributed by atoms with van der Waals surface area (Å²) < 4.78 is 65.7. The maximum Gasteiger partial charge on any atom is 0.416 e. The highest BCUT2D eigenvalue weighted by molar-refractivity contribution is 7.89. The Bertz CT molecular complexity index is 1040. The number of carbonyl (C=O) groups is 1. The number of hydrogen-bond donors (Lipinski definition) is 1. The minimum atomic E-state index is -4.62. The molecule has 3 rings (SSSR count). The Morgan fingerprint density at radius 1 is 1.12 bits per heavy atom. The summed E-state index contributed by atoms with van der Waals surface area (Å²) >= 11 is 0. The van der Waals surface area contributed by atoms with Crippen LogP contribution in [0.25, 0.3) is 0 Å². The van der Waals surface area contributed by atoms with Crippen molar-refractivity contribution in [3.63, 3.8) is 0 Å². The van der Waals surface area contributed by atoms with Gasteiger partial charge in [0, 0.05) is 19.0 Å². The average molecular weight is 469 g/mol. The molecule has 9 heteroatoms. The first-order chi connectivity index (χ1) is 15.0. The Balaban J connectivity index is 1.64. The maximum atomic E-state index is 13.0. The fourth-order valence-electron chi connectivity index (χ4n) is 3.85. The number of halogens is 3. The Morgan fingerprint density at radius 3 is 2.31 bits per heavy atom. The first-order valence-electron chi connectivity index (χ1n) is 10.6. The molecule has 174 valence electrons. The van der Waals surface area contributed by atoms with Gasteiger partial charge >= 0.3 is 6.18 Å². The van der Waals surface area contributed by atoms with Gasteiger partial charge in [0.15, 0.2) is 0 Å². The molecule has 1 N–H and O–H groups in total. The summed E-state index contributed by atoms with van der Waals surface area (Å²) in [4.78, 5) is 12.4. The van der Waals surface area contributed by atoms with Gasteiger partial charge in [0.05, 0.1) is 16.5 Å².